The quantitative estimate of drug-likeness (QED) is 0.287. The van der Waals surface area contributed by atoms with Crippen molar-refractivity contribution in [2.45, 2.75) is 58.0 Å². The Bertz CT molecular complexity index is 1500. The van der Waals surface area contributed by atoms with Gasteiger partial charge in [-0.25, -0.2) is 8.42 Å². The van der Waals surface area contributed by atoms with Crippen molar-refractivity contribution < 1.29 is 27.8 Å². The predicted octanol–water partition coefficient (Wildman–Crippen LogP) is 6.21. The maximum absolute atomic E-state index is 11.4. The van der Waals surface area contributed by atoms with Crippen molar-refractivity contribution in [3.05, 3.63) is 82.4 Å². The number of aliphatic carboxylic acids is 1. The van der Waals surface area contributed by atoms with Crippen LogP contribution in [0.4, 0.5) is 0 Å². The Kier molecular flexibility index (Phi) is 7.23. The molecule has 3 atom stereocenters. The molecule has 0 heterocycles. The van der Waals surface area contributed by atoms with Gasteiger partial charge in [0.1, 0.15) is 27.9 Å². The van der Waals surface area contributed by atoms with E-state index in [9.17, 15) is 18.3 Å². The van der Waals surface area contributed by atoms with Crippen LogP contribution in [0.5, 0.6) is 11.5 Å². The van der Waals surface area contributed by atoms with Gasteiger partial charge in [0, 0.05) is 6.26 Å². The van der Waals surface area contributed by atoms with Gasteiger partial charge in [0.15, 0.2) is 0 Å². The summed E-state index contributed by atoms with van der Waals surface area (Å²) in [6, 6.07) is 18.5. The molecule has 0 radical (unpaired) electrons. The molecule has 1 saturated carbocycles. The topological polar surface area (TPSA) is 89.9 Å². The molecule has 0 spiro atoms. The Labute approximate surface area is 230 Å². The molecule has 3 aromatic rings. The third kappa shape index (κ3) is 5.83. The van der Waals surface area contributed by atoms with E-state index in [2.05, 4.69) is 51.1 Å². The summed E-state index contributed by atoms with van der Waals surface area (Å²) in [5.74, 6) is 1.46. The SMILES string of the molecule is Cc1cc(OCCCS(C)(=O)=O)cc(C)c1-c1cccc(COc2ccc3c(c2)C2(C)CC2C3CC(=O)O)c1. The second-order valence-corrected chi connectivity index (χ2v) is 13.7. The number of carboxylic acid groups (broad SMARTS) is 1. The minimum absolute atomic E-state index is 0.0768. The van der Waals surface area contributed by atoms with Crippen molar-refractivity contribution in [2.24, 2.45) is 5.92 Å². The molecular formula is C32H36O6S. The second-order valence-electron chi connectivity index (χ2n) is 11.4. The summed E-state index contributed by atoms with van der Waals surface area (Å²) < 4.78 is 34.7. The molecule has 206 valence electrons. The summed E-state index contributed by atoms with van der Waals surface area (Å²) in [5.41, 5.74) is 7.98. The molecule has 6 nitrogen and oxygen atoms in total. The Morgan fingerprint density at radius 2 is 1.77 bits per heavy atom. The van der Waals surface area contributed by atoms with Gasteiger partial charge >= 0.3 is 5.97 Å². The van der Waals surface area contributed by atoms with Gasteiger partial charge in [-0.1, -0.05) is 31.2 Å². The summed E-state index contributed by atoms with van der Waals surface area (Å²) in [6.45, 7) is 7.15. The minimum atomic E-state index is -2.99. The molecule has 0 aromatic heterocycles. The van der Waals surface area contributed by atoms with Crippen molar-refractivity contribution in [3.8, 4) is 22.6 Å². The van der Waals surface area contributed by atoms with Crippen molar-refractivity contribution in [3.63, 3.8) is 0 Å². The van der Waals surface area contributed by atoms with Crippen LogP contribution < -0.4 is 9.47 Å². The lowest BCUT2D eigenvalue weighted by atomic mass is 9.92. The van der Waals surface area contributed by atoms with Gasteiger partial charge in [-0.15, -0.1) is 0 Å². The van der Waals surface area contributed by atoms with Gasteiger partial charge in [0.05, 0.1) is 18.8 Å². The molecule has 1 N–H and O–H groups in total. The van der Waals surface area contributed by atoms with Crippen LogP contribution in [-0.2, 0) is 26.7 Å². The highest BCUT2D eigenvalue weighted by atomic mass is 32.2. The first-order chi connectivity index (χ1) is 18.4. The largest absolute Gasteiger partial charge is 0.494 e. The van der Waals surface area contributed by atoms with Gasteiger partial charge in [0.25, 0.3) is 0 Å². The number of sulfone groups is 1. The van der Waals surface area contributed by atoms with E-state index in [1.165, 1.54) is 17.4 Å². The first-order valence-corrected chi connectivity index (χ1v) is 15.5. The Hall–Kier alpha value is -3.32. The lowest BCUT2D eigenvalue weighted by Crippen LogP contribution is -2.08. The number of rotatable bonds is 11. The summed E-state index contributed by atoms with van der Waals surface area (Å²) in [4.78, 5) is 11.4. The van der Waals surface area contributed by atoms with E-state index in [1.807, 2.05) is 24.3 Å². The first kappa shape index (κ1) is 27.3. The molecule has 5 rings (SSSR count). The van der Waals surface area contributed by atoms with Crippen LogP contribution in [0, 0.1) is 19.8 Å². The normalized spacial score (nSPS) is 21.2. The maximum atomic E-state index is 11.4. The highest BCUT2D eigenvalue weighted by Crippen LogP contribution is 2.68. The minimum Gasteiger partial charge on any atom is -0.494 e. The summed E-state index contributed by atoms with van der Waals surface area (Å²) in [7, 11) is -2.99. The third-order valence-electron chi connectivity index (χ3n) is 8.28. The monoisotopic (exact) mass is 548 g/mol. The van der Waals surface area contributed by atoms with Crippen molar-refractivity contribution in [1.82, 2.24) is 0 Å². The van der Waals surface area contributed by atoms with Crippen LogP contribution in [0.3, 0.4) is 0 Å². The van der Waals surface area contributed by atoms with Crippen LogP contribution in [0.2, 0.25) is 0 Å². The second kappa shape index (κ2) is 10.3. The fraction of sp³-hybridized carbons (Fsp3) is 0.406. The number of carboxylic acids is 1. The third-order valence-corrected chi connectivity index (χ3v) is 9.31. The van der Waals surface area contributed by atoms with E-state index in [0.29, 0.717) is 25.6 Å². The molecule has 3 unspecified atom stereocenters. The number of aryl methyl sites for hydroxylation is 2. The first-order valence-electron chi connectivity index (χ1n) is 13.4. The fourth-order valence-electron chi connectivity index (χ4n) is 6.35. The Balaban J connectivity index is 1.27. The van der Waals surface area contributed by atoms with E-state index in [-0.39, 0.29) is 23.5 Å². The van der Waals surface area contributed by atoms with Crippen LogP contribution in [0.1, 0.15) is 59.9 Å². The van der Waals surface area contributed by atoms with Crippen LogP contribution in [0.25, 0.3) is 11.1 Å². The highest BCUT2D eigenvalue weighted by molar-refractivity contribution is 7.90. The predicted molar refractivity (Wildman–Crippen MR) is 152 cm³/mol. The lowest BCUT2D eigenvalue weighted by Gasteiger charge is -2.16. The standard InChI is InChI=1S/C32H36O6S/c1-20-13-25(37-11-6-12-39(4,35)36)14-21(2)31(20)23-8-5-7-22(15-23)19-38-24-9-10-26-27(17-30(33)34)29-18-32(29,3)28(26)16-24/h5,7-10,13-16,27,29H,6,11-12,17-19H2,1-4H3,(H,33,34). The van der Waals surface area contributed by atoms with Gasteiger partial charge in [-0.2, -0.15) is 0 Å². The molecule has 2 aliphatic carbocycles. The molecule has 7 heteroatoms. The number of hydrogen-bond donors (Lipinski definition) is 1. The zero-order chi connectivity index (χ0) is 27.9. The summed E-state index contributed by atoms with van der Waals surface area (Å²) in [5, 5.41) is 9.36. The number of carbonyl (C=O) groups is 1. The molecular weight excluding hydrogens is 512 g/mol. The average Bonchev–Trinajstić information content (AvgIpc) is 3.49. The van der Waals surface area contributed by atoms with E-state index in [0.717, 1.165) is 45.7 Å². The summed E-state index contributed by atoms with van der Waals surface area (Å²) in [6.07, 6.45) is 2.94. The summed E-state index contributed by atoms with van der Waals surface area (Å²) >= 11 is 0. The van der Waals surface area contributed by atoms with Crippen LogP contribution in [-0.4, -0.2) is 38.1 Å². The van der Waals surface area contributed by atoms with Crippen molar-refractivity contribution >= 4 is 15.8 Å². The number of ether oxygens (including phenoxy) is 2. The smallest absolute Gasteiger partial charge is 0.303 e. The van der Waals surface area contributed by atoms with Crippen LogP contribution >= 0.6 is 0 Å². The molecule has 0 saturated heterocycles. The molecule has 0 bridgehead atoms. The molecule has 1 fully saturated rings. The number of benzene rings is 3. The lowest BCUT2D eigenvalue weighted by molar-refractivity contribution is -0.137. The van der Waals surface area contributed by atoms with Crippen molar-refractivity contribution in [1.29, 1.82) is 0 Å². The zero-order valence-electron chi connectivity index (χ0n) is 23.0. The molecule has 2 aliphatic rings. The highest BCUT2D eigenvalue weighted by Gasteiger charge is 2.61. The number of fused-ring (bicyclic) bond motifs is 3. The molecule has 0 aliphatic heterocycles. The Morgan fingerprint density at radius 3 is 2.46 bits per heavy atom. The zero-order valence-corrected chi connectivity index (χ0v) is 23.8. The van der Waals surface area contributed by atoms with E-state index < -0.39 is 15.8 Å². The average molecular weight is 549 g/mol. The van der Waals surface area contributed by atoms with Crippen LogP contribution in [0.15, 0.2) is 54.6 Å². The van der Waals surface area contributed by atoms with Gasteiger partial charge in [-0.05, 0) is 113 Å². The van der Waals surface area contributed by atoms with E-state index >= 15 is 0 Å². The van der Waals surface area contributed by atoms with E-state index in [1.54, 1.807) is 0 Å². The van der Waals surface area contributed by atoms with Gasteiger partial charge < -0.3 is 14.6 Å². The van der Waals surface area contributed by atoms with Gasteiger partial charge in [-0.3, -0.25) is 4.79 Å². The Morgan fingerprint density at radius 1 is 1.03 bits per heavy atom. The van der Waals surface area contributed by atoms with Crippen molar-refractivity contribution in [2.75, 3.05) is 18.6 Å². The maximum Gasteiger partial charge on any atom is 0.303 e. The fourth-order valence-corrected chi connectivity index (χ4v) is 6.99. The van der Waals surface area contributed by atoms with E-state index in [4.69, 9.17) is 9.47 Å². The molecule has 0 amide bonds. The number of hydrogen-bond acceptors (Lipinski definition) is 5. The molecule has 3 aromatic carbocycles. The molecule has 39 heavy (non-hydrogen) atoms. The van der Waals surface area contributed by atoms with Gasteiger partial charge in [0.2, 0.25) is 0 Å².